The predicted octanol–water partition coefficient (Wildman–Crippen LogP) is 0.745. The average Bonchev–Trinajstić information content (AvgIpc) is 3.10. The van der Waals surface area contributed by atoms with Crippen LogP contribution in [0.2, 0.25) is 0 Å². The van der Waals surface area contributed by atoms with Crippen molar-refractivity contribution in [2.45, 2.75) is 30.3 Å². The van der Waals surface area contributed by atoms with Crippen LogP contribution in [0.1, 0.15) is 24.8 Å². The Labute approximate surface area is 178 Å². The second kappa shape index (κ2) is 7.94. The summed E-state index contributed by atoms with van der Waals surface area (Å²) in [6.07, 6.45) is 2.59. The first-order valence-electron chi connectivity index (χ1n) is 9.92. The topological polar surface area (TPSA) is 154 Å². The average molecular weight is 422 g/mol. The molecule has 31 heavy (non-hydrogen) atoms. The number of hydrogen-bond acceptors (Lipinski definition) is 8. The zero-order valence-electron chi connectivity index (χ0n) is 16.7. The number of hydrogen-bond donors (Lipinski definition) is 3. The van der Waals surface area contributed by atoms with Crippen LogP contribution in [0.5, 0.6) is 0 Å². The Morgan fingerprint density at radius 2 is 1.94 bits per heavy atom. The van der Waals surface area contributed by atoms with Crippen LogP contribution in [0, 0.1) is 11.3 Å². The van der Waals surface area contributed by atoms with Gasteiger partial charge in [0.25, 0.3) is 5.91 Å². The number of carbonyl (C=O) groups excluding carboxylic acids is 2. The van der Waals surface area contributed by atoms with E-state index in [1.54, 1.807) is 18.2 Å². The summed E-state index contributed by atoms with van der Waals surface area (Å²) in [5.74, 6) is -0.515. The van der Waals surface area contributed by atoms with Crippen LogP contribution in [0.4, 0.5) is 17.5 Å². The first kappa shape index (κ1) is 20.7. The summed E-state index contributed by atoms with van der Waals surface area (Å²) in [5, 5.41) is 22.2. The summed E-state index contributed by atoms with van der Waals surface area (Å²) in [6, 6.07) is 10.5. The highest BCUT2D eigenvalue weighted by atomic mass is 16.5. The minimum atomic E-state index is -2.02. The van der Waals surface area contributed by atoms with E-state index < -0.39 is 16.9 Å². The van der Waals surface area contributed by atoms with E-state index in [1.807, 2.05) is 12.1 Å². The van der Waals surface area contributed by atoms with E-state index >= 15 is 0 Å². The molecular formula is C21H22N6O4. The summed E-state index contributed by atoms with van der Waals surface area (Å²) in [4.78, 5) is 34.3. The van der Waals surface area contributed by atoms with Crippen molar-refractivity contribution in [2.24, 2.45) is 5.73 Å². The van der Waals surface area contributed by atoms with Crippen molar-refractivity contribution in [3.8, 4) is 6.07 Å². The number of primary amides is 1. The highest BCUT2D eigenvalue weighted by Crippen LogP contribution is 2.35. The number of nitrogens with zero attached hydrogens (tertiary/aromatic N) is 4. The number of amides is 2. The second-order valence-electron chi connectivity index (χ2n) is 7.68. The molecule has 1 atom stereocenters. The quantitative estimate of drug-likeness (QED) is 0.596. The fraction of sp³-hybridized carbons (Fsp3) is 0.381. The molecule has 4 N–H and O–H groups in total. The monoisotopic (exact) mass is 422 g/mol. The minimum Gasteiger partial charge on any atom is -0.381 e. The number of nitrogens with two attached hydrogens (primary N) is 1. The fourth-order valence-electron chi connectivity index (χ4n) is 3.99. The third-order valence-corrected chi connectivity index (χ3v) is 5.91. The molecule has 0 unspecified atom stereocenters. The largest absolute Gasteiger partial charge is 0.381 e. The first-order valence-corrected chi connectivity index (χ1v) is 9.92. The number of benzene rings is 1. The number of aliphatic hydroxyl groups is 1. The van der Waals surface area contributed by atoms with Gasteiger partial charge >= 0.3 is 0 Å². The summed E-state index contributed by atoms with van der Waals surface area (Å²) in [6.45, 7) is 1.16. The van der Waals surface area contributed by atoms with E-state index in [0.29, 0.717) is 37.6 Å². The van der Waals surface area contributed by atoms with Gasteiger partial charge in [-0.05, 0) is 36.6 Å². The Morgan fingerprint density at radius 1 is 1.23 bits per heavy atom. The van der Waals surface area contributed by atoms with E-state index in [1.165, 1.54) is 17.2 Å². The van der Waals surface area contributed by atoms with Crippen LogP contribution in [0.15, 0.2) is 36.5 Å². The van der Waals surface area contributed by atoms with Gasteiger partial charge in [0.15, 0.2) is 0 Å². The Morgan fingerprint density at radius 3 is 2.55 bits per heavy atom. The van der Waals surface area contributed by atoms with Gasteiger partial charge in [-0.1, -0.05) is 12.1 Å². The van der Waals surface area contributed by atoms with E-state index in [4.69, 9.17) is 15.7 Å². The Kier molecular flexibility index (Phi) is 5.31. The van der Waals surface area contributed by atoms with Crippen LogP contribution in [0.3, 0.4) is 0 Å². The predicted molar refractivity (Wildman–Crippen MR) is 110 cm³/mol. The van der Waals surface area contributed by atoms with Crippen LogP contribution in [-0.2, 0) is 19.7 Å². The fourth-order valence-corrected chi connectivity index (χ4v) is 3.99. The molecule has 1 aromatic heterocycles. The van der Waals surface area contributed by atoms with E-state index in [9.17, 15) is 14.7 Å². The highest BCUT2D eigenvalue weighted by molar-refractivity contribution is 6.03. The van der Waals surface area contributed by atoms with Gasteiger partial charge in [0.1, 0.15) is 11.9 Å². The van der Waals surface area contributed by atoms with Gasteiger partial charge in [-0.15, -0.1) is 0 Å². The number of nitrogens with one attached hydrogen (secondary N) is 1. The normalized spacial score (nSPS) is 22.7. The van der Waals surface area contributed by atoms with Gasteiger partial charge in [-0.3, -0.25) is 14.5 Å². The van der Waals surface area contributed by atoms with Crippen LogP contribution in [0.25, 0.3) is 0 Å². The molecular weight excluding hydrogens is 400 g/mol. The Hall–Kier alpha value is -3.55. The minimum absolute atomic E-state index is 0.0171. The van der Waals surface area contributed by atoms with Crippen molar-refractivity contribution >= 4 is 29.3 Å². The first-order chi connectivity index (χ1) is 14.9. The van der Waals surface area contributed by atoms with Gasteiger partial charge < -0.3 is 20.9 Å². The molecule has 2 aliphatic rings. The lowest BCUT2D eigenvalue weighted by Gasteiger charge is -2.34. The van der Waals surface area contributed by atoms with E-state index in [2.05, 4.69) is 15.3 Å². The van der Waals surface area contributed by atoms with Crippen LogP contribution in [-0.4, -0.2) is 52.2 Å². The molecule has 3 heterocycles. The van der Waals surface area contributed by atoms with Gasteiger partial charge in [0.05, 0.1) is 5.41 Å². The number of rotatable bonds is 5. The summed E-state index contributed by atoms with van der Waals surface area (Å²) in [5.41, 5.74) is 4.48. The second-order valence-corrected chi connectivity index (χ2v) is 7.68. The molecule has 4 rings (SSSR count). The molecule has 1 aromatic carbocycles. The number of nitriles is 1. The standard InChI is InChI=1S/C21H22N6O4/c22-13-21(30)6-10-27(18(21)29)16-5-9-24-19(26-16)25-15-3-1-14(2-4-15)20(17(23)28)7-11-31-12-8-20/h1-5,9,30H,6-8,10-12H2,(H2,23,28)(H,24,25,26)/t21-/m0/s1. The van der Waals surface area contributed by atoms with Gasteiger partial charge in [-0.2, -0.15) is 10.2 Å². The number of ether oxygens (including phenoxy) is 1. The molecule has 160 valence electrons. The van der Waals surface area contributed by atoms with E-state index in [0.717, 1.165) is 5.56 Å². The highest BCUT2D eigenvalue weighted by Gasteiger charge is 2.46. The SMILES string of the molecule is N#C[C@@]1(O)CCN(c2ccnc(Nc3ccc(C4(C(N)=O)CCOCC4)cc3)n2)C1=O. The number of aromatic nitrogens is 2. The molecule has 2 aliphatic heterocycles. The van der Waals surface area contributed by atoms with E-state index in [-0.39, 0.29) is 24.8 Å². The van der Waals surface area contributed by atoms with Crippen molar-refractivity contribution in [1.82, 2.24) is 9.97 Å². The smallest absolute Gasteiger partial charge is 0.275 e. The molecule has 2 aromatic rings. The van der Waals surface area contributed by atoms with Crippen molar-refractivity contribution in [3.05, 3.63) is 42.1 Å². The maximum absolute atomic E-state index is 12.3. The Bertz CT molecular complexity index is 1040. The summed E-state index contributed by atoms with van der Waals surface area (Å²) in [7, 11) is 0. The molecule has 0 radical (unpaired) electrons. The lowest BCUT2D eigenvalue weighted by molar-refractivity contribution is -0.128. The lowest BCUT2D eigenvalue weighted by Crippen LogP contribution is -2.45. The summed E-state index contributed by atoms with van der Waals surface area (Å²) < 4.78 is 5.38. The zero-order chi connectivity index (χ0) is 22.1. The molecule has 10 nitrogen and oxygen atoms in total. The molecule has 2 amide bonds. The van der Waals surface area contributed by atoms with Crippen molar-refractivity contribution in [2.75, 3.05) is 30.0 Å². The van der Waals surface area contributed by atoms with Gasteiger partial charge in [0.2, 0.25) is 17.5 Å². The summed E-state index contributed by atoms with van der Waals surface area (Å²) >= 11 is 0. The van der Waals surface area contributed by atoms with Gasteiger partial charge in [-0.25, -0.2) is 4.98 Å². The van der Waals surface area contributed by atoms with Crippen molar-refractivity contribution < 1.29 is 19.4 Å². The Balaban J connectivity index is 1.52. The van der Waals surface area contributed by atoms with Crippen molar-refractivity contribution in [1.29, 1.82) is 5.26 Å². The zero-order valence-corrected chi connectivity index (χ0v) is 16.7. The van der Waals surface area contributed by atoms with Crippen molar-refractivity contribution in [3.63, 3.8) is 0 Å². The maximum Gasteiger partial charge on any atom is 0.275 e. The maximum atomic E-state index is 12.3. The molecule has 0 saturated carbocycles. The molecule has 2 fully saturated rings. The molecule has 0 aliphatic carbocycles. The molecule has 2 saturated heterocycles. The third kappa shape index (κ3) is 3.69. The number of carbonyl (C=O) groups is 2. The molecule has 10 heteroatoms. The van der Waals surface area contributed by atoms with Gasteiger partial charge in [0, 0.05) is 38.1 Å². The van der Waals surface area contributed by atoms with Crippen LogP contribution >= 0.6 is 0 Å². The third-order valence-electron chi connectivity index (χ3n) is 5.91. The lowest BCUT2D eigenvalue weighted by atomic mass is 9.73. The molecule has 0 spiro atoms. The number of anilines is 3. The molecule has 0 bridgehead atoms. The van der Waals surface area contributed by atoms with Crippen LogP contribution < -0.4 is 16.0 Å².